The summed E-state index contributed by atoms with van der Waals surface area (Å²) in [6.45, 7) is 9.25. The van der Waals surface area contributed by atoms with Crippen LogP contribution in [-0.4, -0.2) is 52.7 Å². The lowest BCUT2D eigenvalue weighted by Crippen LogP contribution is -2.43. The maximum Gasteiger partial charge on any atom is 0.328 e. The van der Waals surface area contributed by atoms with Crippen molar-refractivity contribution in [1.82, 2.24) is 10.2 Å². The zero-order valence-corrected chi connectivity index (χ0v) is 16.4. The molecule has 150 valence electrons. The minimum atomic E-state index is -1.26. The Bertz CT molecular complexity index is 594. The summed E-state index contributed by atoms with van der Waals surface area (Å²) in [6, 6.07) is 9.60. The first-order valence-electron chi connectivity index (χ1n) is 9.57. The SMILES string of the molecule is CCCCN(Cc1ccccc1C)C1CCNCC1.O=C(O)C=CC(=O)O. The Balaban J connectivity index is 0.000000387. The number of nitrogens with zero attached hydrogens (tertiary/aromatic N) is 1. The first kappa shape index (κ1) is 22.9. The summed E-state index contributed by atoms with van der Waals surface area (Å²) < 4.78 is 0. The zero-order chi connectivity index (χ0) is 20.1. The quantitative estimate of drug-likeness (QED) is 0.604. The van der Waals surface area contributed by atoms with Gasteiger partial charge in [0.05, 0.1) is 0 Å². The molecule has 1 aromatic rings. The third-order valence-electron chi connectivity index (χ3n) is 4.63. The molecule has 0 radical (unpaired) electrons. The Kier molecular flexibility index (Phi) is 11.1. The van der Waals surface area contributed by atoms with E-state index < -0.39 is 11.9 Å². The van der Waals surface area contributed by atoms with Crippen LogP contribution in [0, 0.1) is 6.92 Å². The molecule has 0 unspecified atom stereocenters. The molecule has 27 heavy (non-hydrogen) atoms. The molecule has 0 atom stereocenters. The molecule has 1 aliphatic rings. The third-order valence-corrected chi connectivity index (χ3v) is 4.63. The van der Waals surface area contributed by atoms with Gasteiger partial charge in [0, 0.05) is 24.7 Å². The molecular weight excluding hydrogens is 344 g/mol. The van der Waals surface area contributed by atoms with Gasteiger partial charge in [0.1, 0.15) is 0 Å². The van der Waals surface area contributed by atoms with E-state index >= 15 is 0 Å². The van der Waals surface area contributed by atoms with Gasteiger partial charge in [-0.05, 0) is 56.9 Å². The summed E-state index contributed by atoms with van der Waals surface area (Å²) in [5.74, 6) is -2.51. The monoisotopic (exact) mass is 376 g/mol. The highest BCUT2D eigenvalue weighted by molar-refractivity contribution is 5.89. The summed E-state index contributed by atoms with van der Waals surface area (Å²) in [5.41, 5.74) is 2.93. The van der Waals surface area contributed by atoms with Gasteiger partial charge in [-0.15, -0.1) is 0 Å². The lowest BCUT2D eigenvalue weighted by atomic mass is 10.0. The normalized spacial score (nSPS) is 14.8. The fraction of sp³-hybridized carbons (Fsp3) is 0.524. The predicted molar refractivity (Wildman–Crippen MR) is 107 cm³/mol. The van der Waals surface area contributed by atoms with E-state index in [1.165, 1.54) is 56.4 Å². The molecule has 3 N–H and O–H groups in total. The van der Waals surface area contributed by atoms with Crippen LogP contribution in [-0.2, 0) is 16.1 Å². The number of nitrogens with one attached hydrogen (secondary N) is 1. The Morgan fingerprint density at radius 2 is 1.74 bits per heavy atom. The van der Waals surface area contributed by atoms with Gasteiger partial charge in [-0.3, -0.25) is 4.90 Å². The summed E-state index contributed by atoms with van der Waals surface area (Å²) >= 11 is 0. The maximum atomic E-state index is 9.55. The molecule has 1 fully saturated rings. The van der Waals surface area contributed by atoms with Gasteiger partial charge in [0.15, 0.2) is 0 Å². The van der Waals surface area contributed by atoms with Gasteiger partial charge in [0.2, 0.25) is 0 Å². The first-order valence-corrected chi connectivity index (χ1v) is 9.57. The van der Waals surface area contributed by atoms with E-state index in [2.05, 4.69) is 48.3 Å². The van der Waals surface area contributed by atoms with Crippen LogP contribution < -0.4 is 5.32 Å². The molecule has 6 heteroatoms. The van der Waals surface area contributed by atoms with E-state index in [1.807, 2.05) is 0 Å². The predicted octanol–water partition coefficient (Wildman–Crippen LogP) is 3.06. The number of carbonyl (C=O) groups is 2. The van der Waals surface area contributed by atoms with Crippen LogP contribution in [0.15, 0.2) is 36.4 Å². The molecule has 1 aromatic carbocycles. The van der Waals surface area contributed by atoms with E-state index in [9.17, 15) is 9.59 Å². The molecule has 0 bridgehead atoms. The van der Waals surface area contributed by atoms with Gasteiger partial charge in [0.25, 0.3) is 0 Å². The molecule has 0 aliphatic carbocycles. The van der Waals surface area contributed by atoms with Crippen molar-refractivity contribution in [3.05, 3.63) is 47.5 Å². The topological polar surface area (TPSA) is 89.9 Å². The smallest absolute Gasteiger partial charge is 0.328 e. The minimum Gasteiger partial charge on any atom is -0.478 e. The zero-order valence-electron chi connectivity index (χ0n) is 16.4. The number of unbranched alkanes of at least 4 members (excludes halogenated alkanes) is 1. The molecule has 1 heterocycles. The standard InChI is InChI=1S/C17H28N2.C4H4O4/c1-3-4-13-19(17-9-11-18-12-10-17)14-16-8-6-5-7-15(16)2;5-3(6)1-2-4(7)8/h5-8,17-18H,3-4,9-14H2,1-2H3;1-2H,(H,5,6)(H,7,8). The van der Waals surface area contributed by atoms with Crippen LogP contribution >= 0.6 is 0 Å². The van der Waals surface area contributed by atoms with Crippen LogP contribution in [0.5, 0.6) is 0 Å². The van der Waals surface area contributed by atoms with Crippen molar-refractivity contribution in [1.29, 1.82) is 0 Å². The highest BCUT2D eigenvalue weighted by Crippen LogP contribution is 2.18. The second-order valence-corrected chi connectivity index (χ2v) is 6.74. The first-order chi connectivity index (χ1) is 12.9. The van der Waals surface area contributed by atoms with E-state index in [-0.39, 0.29) is 0 Å². The minimum absolute atomic E-state index is 0.558. The fourth-order valence-electron chi connectivity index (χ4n) is 3.07. The van der Waals surface area contributed by atoms with Gasteiger partial charge in [-0.1, -0.05) is 37.6 Å². The lowest BCUT2D eigenvalue weighted by molar-refractivity contribution is -0.134. The second kappa shape index (κ2) is 13.1. The van der Waals surface area contributed by atoms with Crippen molar-refractivity contribution in [3.8, 4) is 0 Å². The van der Waals surface area contributed by atoms with Crippen LogP contribution in [0.2, 0.25) is 0 Å². The second-order valence-electron chi connectivity index (χ2n) is 6.74. The highest BCUT2D eigenvalue weighted by Gasteiger charge is 2.20. The van der Waals surface area contributed by atoms with Crippen LogP contribution in [0.1, 0.15) is 43.7 Å². The highest BCUT2D eigenvalue weighted by atomic mass is 16.4. The number of carboxylic acids is 2. The average Bonchev–Trinajstić information content (AvgIpc) is 2.66. The van der Waals surface area contributed by atoms with Gasteiger partial charge < -0.3 is 15.5 Å². The molecule has 6 nitrogen and oxygen atoms in total. The number of piperidine rings is 1. The summed E-state index contributed by atoms with van der Waals surface area (Å²) in [7, 11) is 0. The number of aryl methyl sites for hydroxylation is 1. The Morgan fingerprint density at radius 3 is 2.26 bits per heavy atom. The molecule has 1 saturated heterocycles. The maximum absolute atomic E-state index is 9.55. The molecule has 0 amide bonds. The number of rotatable bonds is 8. The van der Waals surface area contributed by atoms with E-state index in [0.29, 0.717) is 12.2 Å². The largest absolute Gasteiger partial charge is 0.478 e. The molecular formula is C21H32N2O4. The summed E-state index contributed by atoms with van der Waals surface area (Å²) in [6.07, 6.45) is 6.32. The van der Waals surface area contributed by atoms with Crippen molar-refractivity contribution >= 4 is 11.9 Å². The number of hydrogen-bond donors (Lipinski definition) is 3. The molecule has 0 saturated carbocycles. The van der Waals surface area contributed by atoms with Gasteiger partial charge in [-0.25, -0.2) is 9.59 Å². The van der Waals surface area contributed by atoms with Crippen molar-refractivity contribution in [2.24, 2.45) is 0 Å². The van der Waals surface area contributed by atoms with Crippen molar-refractivity contribution < 1.29 is 19.8 Å². The Hall–Kier alpha value is -2.18. The molecule has 1 aliphatic heterocycles. The van der Waals surface area contributed by atoms with Crippen molar-refractivity contribution in [2.45, 2.75) is 52.1 Å². The van der Waals surface area contributed by atoms with E-state index in [4.69, 9.17) is 10.2 Å². The summed E-state index contributed by atoms with van der Waals surface area (Å²) in [4.78, 5) is 21.8. The lowest BCUT2D eigenvalue weighted by Gasteiger charge is -2.35. The Morgan fingerprint density at radius 1 is 1.15 bits per heavy atom. The van der Waals surface area contributed by atoms with Crippen LogP contribution in [0.4, 0.5) is 0 Å². The van der Waals surface area contributed by atoms with Crippen molar-refractivity contribution in [2.75, 3.05) is 19.6 Å². The average molecular weight is 376 g/mol. The number of hydrogen-bond acceptors (Lipinski definition) is 4. The van der Waals surface area contributed by atoms with E-state index in [1.54, 1.807) is 0 Å². The number of aliphatic carboxylic acids is 2. The van der Waals surface area contributed by atoms with Crippen molar-refractivity contribution in [3.63, 3.8) is 0 Å². The summed E-state index contributed by atoms with van der Waals surface area (Å²) in [5, 5.41) is 19.1. The van der Waals surface area contributed by atoms with E-state index in [0.717, 1.165) is 12.6 Å². The molecule has 0 spiro atoms. The number of carboxylic acid groups (broad SMARTS) is 2. The Labute approximate surface area is 161 Å². The van der Waals surface area contributed by atoms with Crippen LogP contribution in [0.25, 0.3) is 0 Å². The molecule has 2 rings (SSSR count). The van der Waals surface area contributed by atoms with Gasteiger partial charge in [-0.2, -0.15) is 0 Å². The fourth-order valence-corrected chi connectivity index (χ4v) is 3.07. The third kappa shape index (κ3) is 9.92. The van der Waals surface area contributed by atoms with Crippen LogP contribution in [0.3, 0.4) is 0 Å². The van der Waals surface area contributed by atoms with Gasteiger partial charge >= 0.3 is 11.9 Å². The number of benzene rings is 1. The molecule has 0 aromatic heterocycles.